The summed E-state index contributed by atoms with van der Waals surface area (Å²) in [5, 5.41) is 0. The van der Waals surface area contributed by atoms with E-state index >= 15 is 0 Å². The largest absolute Gasteiger partial charge is 0.294 e. The van der Waals surface area contributed by atoms with Crippen molar-refractivity contribution in [3.8, 4) is 0 Å². The number of hydrogen-bond donors (Lipinski definition) is 0. The van der Waals surface area contributed by atoms with Gasteiger partial charge in [0, 0.05) is 6.42 Å². The third kappa shape index (κ3) is 1.66. The Morgan fingerprint density at radius 2 is 1.83 bits per heavy atom. The highest BCUT2D eigenvalue weighted by Crippen LogP contribution is 2.28. The molecule has 1 nitrogen and oxygen atoms in total. The Hall–Kier alpha value is -0.850. The topological polar surface area (TPSA) is 17.1 Å². The van der Waals surface area contributed by atoms with Gasteiger partial charge in [-0.3, -0.25) is 4.79 Å². The molecule has 1 aliphatic rings. The van der Waals surface area contributed by atoms with Crippen LogP contribution in [0.15, 0.2) is 22.8 Å². The van der Waals surface area contributed by atoms with E-state index in [9.17, 15) is 4.79 Å². The van der Waals surface area contributed by atoms with E-state index in [1.165, 1.54) is 11.1 Å². The van der Waals surface area contributed by atoms with Gasteiger partial charge in [0.2, 0.25) is 0 Å². The number of carbonyl (C=O) groups is 1. The molecular weight excluding hydrogens is 148 g/mol. The lowest BCUT2D eigenvalue weighted by Gasteiger charge is -2.00. The number of ketones is 1. The summed E-state index contributed by atoms with van der Waals surface area (Å²) in [6.45, 7) is 8.23. The monoisotopic (exact) mass is 164 g/mol. The Kier molecular flexibility index (Phi) is 2.51. The fourth-order valence-corrected chi connectivity index (χ4v) is 1.47. The molecular formula is C11H16O. The van der Waals surface area contributed by atoms with Crippen LogP contribution in [0.3, 0.4) is 0 Å². The maximum absolute atomic E-state index is 11.3. The van der Waals surface area contributed by atoms with Gasteiger partial charge >= 0.3 is 0 Å². The molecule has 0 aliphatic heterocycles. The minimum atomic E-state index is 0.291. The molecule has 0 saturated heterocycles. The van der Waals surface area contributed by atoms with Crippen LogP contribution in [0.1, 0.15) is 34.1 Å². The van der Waals surface area contributed by atoms with E-state index < -0.39 is 0 Å². The Morgan fingerprint density at radius 3 is 2.17 bits per heavy atom. The number of hydrogen-bond acceptors (Lipinski definition) is 1. The minimum Gasteiger partial charge on any atom is -0.294 e. The van der Waals surface area contributed by atoms with Crippen LogP contribution < -0.4 is 0 Å². The second kappa shape index (κ2) is 3.26. The lowest BCUT2D eigenvalue weighted by atomic mass is 10.0. The summed E-state index contributed by atoms with van der Waals surface area (Å²) >= 11 is 0. The van der Waals surface area contributed by atoms with Crippen molar-refractivity contribution in [2.75, 3.05) is 0 Å². The van der Waals surface area contributed by atoms with E-state index in [2.05, 4.69) is 19.9 Å². The zero-order chi connectivity index (χ0) is 9.30. The maximum atomic E-state index is 11.3. The van der Waals surface area contributed by atoms with Gasteiger partial charge in [0.15, 0.2) is 5.78 Å². The van der Waals surface area contributed by atoms with Crippen LogP contribution in [0.2, 0.25) is 0 Å². The molecule has 0 unspecified atom stereocenters. The highest BCUT2D eigenvalue weighted by atomic mass is 16.1. The molecule has 0 fully saturated rings. The number of carbonyl (C=O) groups excluding carboxylic acids is 1. The fourth-order valence-electron chi connectivity index (χ4n) is 1.47. The van der Waals surface area contributed by atoms with Crippen LogP contribution in [0.4, 0.5) is 0 Å². The van der Waals surface area contributed by atoms with Crippen molar-refractivity contribution in [1.29, 1.82) is 0 Å². The first kappa shape index (κ1) is 9.24. The van der Waals surface area contributed by atoms with Gasteiger partial charge in [-0.25, -0.2) is 0 Å². The first-order valence-corrected chi connectivity index (χ1v) is 4.44. The molecule has 0 bridgehead atoms. The van der Waals surface area contributed by atoms with Crippen LogP contribution in [0.25, 0.3) is 0 Å². The van der Waals surface area contributed by atoms with E-state index in [0.717, 1.165) is 5.57 Å². The molecule has 0 atom stereocenters. The number of allylic oxidation sites excluding steroid dienone is 4. The first-order valence-electron chi connectivity index (χ1n) is 4.44. The summed E-state index contributed by atoms with van der Waals surface area (Å²) < 4.78 is 0. The zero-order valence-electron chi connectivity index (χ0n) is 8.27. The summed E-state index contributed by atoms with van der Waals surface area (Å²) in [6.07, 6.45) is 2.81. The number of rotatable bonds is 1. The Labute approximate surface area is 74.2 Å². The Bertz CT molecular complexity index is 267. The SMILES string of the molecule is CC1=C(C)/C(=C/C(C)C)CC1=O. The average Bonchev–Trinajstić information content (AvgIpc) is 2.17. The molecule has 1 heteroatoms. The molecule has 0 saturated carbocycles. The third-order valence-electron chi connectivity index (χ3n) is 2.35. The van der Waals surface area contributed by atoms with Crippen LogP contribution in [0.5, 0.6) is 0 Å². The molecule has 0 spiro atoms. The summed E-state index contributed by atoms with van der Waals surface area (Å²) in [4.78, 5) is 11.3. The van der Waals surface area contributed by atoms with Gasteiger partial charge in [-0.1, -0.05) is 19.9 Å². The quantitative estimate of drug-likeness (QED) is 0.582. The van der Waals surface area contributed by atoms with Crippen molar-refractivity contribution >= 4 is 5.78 Å². The Morgan fingerprint density at radius 1 is 1.25 bits per heavy atom. The van der Waals surface area contributed by atoms with Gasteiger partial charge in [-0.2, -0.15) is 0 Å². The maximum Gasteiger partial charge on any atom is 0.163 e. The van der Waals surface area contributed by atoms with E-state index in [0.29, 0.717) is 18.1 Å². The van der Waals surface area contributed by atoms with E-state index in [1.54, 1.807) is 0 Å². The zero-order valence-corrected chi connectivity index (χ0v) is 8.27. The van der Waals surface area contributed by atoms with Crippen molar-refractivity contribution in [1.82, 2.24) is 0 Å². The van der Waals surface area contributed by atoms with Crippen molar-refractivity contribution in [2.45, 2.75) is 34.1 Å². The van der Waals surface area contributed by atoms with Gasteiger partial charge in [-0.15, -0.1) is 0 Å². The van der Waals surface area contributed by atoms with E-state index in [-0.39, 0.29) is 0 Å². The highest BCUT2D eigenvalue weighted by Gasteiger charge is 2.20. The first-order chi connectivity index (χ1) is 5.52. The normalized spacial score (nSPS) is 21.8. The summed E-state index contributed by atoms with van der Waals surface area (Å²) in [5.74, 6) is 0.827. The molecule has 0 aromatic heterocycles. The van der Waals surface area contributed by atoms with E-state index in [4.69, 9.17) is 0 Å². The standard InChI is InChI=1S/C11H16O/c1-7(2)5-10-6-11(12)9(4)8(10)3/h5,7H,6H2,1-4H3/b10-5+. The molecule has 0 radical (unpaired) electrons. The second-order valence-electron chi connectivity index (χ2n) is 3.79. The smallest absolute Gasteiger partial charge is 0.163 e. The van der Waals surface area contributed by atoms with Crippen molar-refractivity contribution in [3.63, 3.8) is 0 Å². The molecule has 0 aromatic rings. The minimum absolute atomic E-state index is 0.291. The second-order valence-corrected chi connectivity index (χ2v) is 3.79. The van der Waals surface area contributed by atoms with Gasteiger partial charge < -0.3 is 0 Å². The molecule has 0 heterocycles. The van der Waals surface area contributed by atoms with Gasteiger partial charge in [0.25, 0.3) is 0 Å². The summed E-state index contributed by atoms with van der Waals surface area (Å²) in [5.41, 5.74) is 3.36. The van der Waals surface area contributed by atoms with Crippen LogP contribution in [-0.2, 0) is 4.79 Å². The third-order valence-corrected chi connectivity index (χ3v) is 2.35. The van der Waals surface area contributed by atoms with Crippen LogP contribution >= 0.6 is 0 Å². The lowest BCUT2D eigenvalue weighted by Crippen LogP contribution is -1.91. The molecule has 0 N–H and O–H groups in total. The molecule has 66 valence electrons. The lowest BCUT2D eigenvalue weighted by molar-refractivity contribution is -0.114. The van der Waals surface area contributed by atoms with Gasteiger partial charge in [0.05, 0.1) is 0 Å². The van der Waals surface area contributed by atoms with Crippen molar-refractivity contribution in [3.05, 3.63) is 22.8 Å². The number of Topliss-reactive ketones (excluding diaryl/α,β-unsaturated/α-hetero) is 1. The molecule has 1 aliphatic carbocycles. The van der Waals surface area contributed by atoms with Crippen molar-refractivity contribution < 1.29 is 4.79 Å². The summed E-state index contributed by atoms with van der Waals surface area (Å²) in [6, 6.07) is 0. The fraction of sp³-hybridized carbons (Fsp3) is 0.545. The van der Waals surface area contributed by atoms with Crippen molar-refractivity contribution in [2.24, 2.45) is 5.92 Å². The van der Waals surface area contributed by atoms with E-state index in [1.807, 2.05) is 13.8 Å². The van der Waals surface area contributed by atoms with Gasteiger partial charge in [-0.05, 0) is 36.5 Å². The van der Waals surface area contributed by atoms with Gasteiger partial charge in [0.1, 0.15) is 0 Å². The average molecular weight is 164 g/mol. The predicted molar refractivity (Wildman–Crippen MR) is 50.9 cm³/mol. The van der Waals surface area contributed by atoms with Crippen LogP contribution in [0, 0.1) is 5.92 Å². The molecule has 12 heavy (non-hydrogen) atoms. The Balaban J connectivity index is 2.95. The predicted octanol–water partition coefficient (Wildman–Crippen LogP) is 2.88. The van der Waals surface area contributed by atoms with Crippen LogP contribution in [-0.4, -0.2) is 5.78 Å². The molecule has 0 amide bonds. The molecule has 1 rings (SSSR count). The highest BCUT2D eigenvalue weighted by molar-refractivity contribution is 6.01. The molecule has 0 aromatic carbocycles. The summed E-state index contributed by atoms with van der Waals surface area (Å²) in [7, 11) is 0.